The summed E-state index contributed by atoms with van der Waals surface area (Å²) >= 11 is 0. The molecule has 1 saturated heterocycles. The van der Waals surface area contributed by atoms with Gasteiger partial charge in [-0.1, -0.05) is 12.2 Å². The van der Waals surface area contributed by atoms with Gasteiger partial charge >= 0.3 is 6.09 Å². The SMILES string of the molecule is CC(C)(C)OC(=O)n1cc(/C=C/CCN2CCNCC2)c2cc(C#N)ccc21. The molecule has 3 rings (SSSR count). The second-order valence-corrected chi connectivity index (χ2v) is 8.06. The monoisotopic (exact) mass is 380 g/mol. The fraction of sp³-hybridized carbons (Fsp3) is 0.455. The van der Waals surface area contributed by atoms with Crippen molar-refractivity contribution in [3.63, 3.8) is 0 Å². The summed E-state index contributed by atoms with van der Waals surface area (Å²) in [6.45, 7) is 10.8. The number of hydrogen-bond donors (Lipinski definition) is 1. The van der Waals surface area contributed by atoms with Crippen LogP contribution in [0.4, 0.5) is 4.79 Å². The van der Waals surface area contributed by atoms with Crippen molar-refractivity contribution in [1.29, 1.82) is 5.26 Å². The van der Waals surface area contributed by atoms with E-state index in [4.69, 9.17) is 4.74 Å². The summed E-state index contributed by atoms with van der Waals surface area (Å²) in [5, 5.41) is 13.5. The van der Waals surface area contributed by atoms with Crippen molar-refractivity contribution in [2.45, 2.75) is 32.8 Å². The van der Waals surface area contributed by atoms with Crippen LogP contribution in [-0.2, 0) is 4.74 Å². The fourth-order valence-electron chi connectivity index (χ4n) is 3.32. The highest BCUT2D eigenvalue weighted by atomic mass is 16.6. The minimum absolute atomic E-state index is 0.414. The van der Waals surface area contributed by atoms with Crippen molar-refractivity contribution >= 4 is 23.1 Å². The number of hydrogen-bond acceptors (Lipinski definition) is 5. The van der Waals surface area contributed by atoms with Crippen molar-refractivity contribution in [1.82, 2.24) is 14.8 Å². The summed E-state index contributed by atoms with van der Waals surface area (Å²) in [4.78, 5) is 15.1. The first-order valence-electron chi connectivity index (χ1n) is 9.75. The van der Waals surface area contributed by atoms with Gasteiger partial charge in [0.1, 0.15) is 5.60 Å². The highest BCUT2D eigenvalue weighted by Crippen LogP contribution is 2.25. The van der Waals surface area contributed by atoms with Crippen molar-refractivity contribution in [3.05, 3.63) is 41.6 Å². The lowest BCUT2D eigenvalue weighted by atomic mass is 10.1. The van der Waals surface area contributed by atoms with Gasteiger partial charge in [-0.05, 0) is 45.4 Å². The van der Waals surface area contributed by atoms with E-state index in [1.807, 2.05) is 32.9 Å². The van der Waals surface area contributed by atoms with Crippen LogP contribution in [0.25, 0.3) is 17.0 Å². The first-order valence-corrected chi connectivity index (χ1v) is 9.75. The number of nitrogens with one attached hydrogen (secondary N) is 1. The van der Waals surface area contributed by atoms with Crippen molar-refractivity contribution < 1.29 is 9.53 Å². The molecule has 0 aliphatic carbocycles. The van der Waals surface area contributed by atoms with Gasteiger partial charge in [-0.2, -0.15) is 5.26 Å². The van der Waals surface area contributed by atoms with Gasteiger partial charge in [0.25, 0.3) is 0 Å². The number of nitrogens with zero attached hydrogens (tertiary/aromatic N) is 3. The van der Waals surface area contributed by atoms with E-state index in [2.05, 4.69) is 22.4 Å². The van der Waals surface area contributed by atoms with Crippen LogP contribution >= 0.6 is 0 Å². The molecule has 1 fully saturated rings. The standard InChI is InChI=1S/C22H28N4O2/c1-22(2,3)28-21(27)26-16-18(19-14-17(15-23)7-8-20(19)26)6-4-5-11-25-12-9-24-10-13-25/h4,6-8,14,16,24H,5,9-13H2,1-3H3/b6-4+. The van der Waals surface area contributed by atoms with E-state index in [1.54, 1.807) is 18.3 Å². The number of nitriles is 1. The van der Waals surface area contributed by atoms with Gasteiger partial charge in [-0.3, -0.25) is 4.57 Å². The number of carbonyl (C=O) groups excluding carboxylic acids is 1. The van der Waals surface area contributed by atoms with Crippen LogP contribution < -0.4 is 5.32 Å². The number of ether oxygens (including phenoxy) is 1. The molecule has 0 bridgehead atoms. The van der Waals surface area contributed by atoms with Crippen LogP contribution in [0.2, 0.25) is 0 Å². The van der Waals surface area contributed by atoms with E-state index in [1.165, 1.54) is 4.57 Å². The van der Waals surface area contributed by atoms with E-state index in [0.717, 1.165) is 55.6 Å². The Morgan fingerprint density at radius 3 is 2.75 bits per heavy atom. The summed E-state index contributed by atoms with van der Waals surface area (Å²) in [5.74, 6) is 0. The molecule has 0 spiro atoms. The molecule has 1 aromatic carbocycles. The molecule has 6 nitrogen and oxygen atoms in total. The van der Waals surface area contributed by atoms with Gasteiger partial charge < -0.3 is 15.0 Å². The third kappa shape index (κ3) is 5.00. The molecule has 1 aromatic heterocycles. The Kier molecular flexibility index (Phi) is 6.18. The molecule has 0 amide bonds. The fourth-order valence-corrected chi connectivity index (χ4v) is 3.32. The van der Waals surface area contributed by atoms with Gasteiger partial charge in [0.15, 0.2) is 0 Å². The minimum Gasteiger partial charge on any atom is -0.443 e. The minimum atomic E-state index is -0.570. The molecule has 28 heavy (non-hydrogen) atoms. The Morgan fingerprint density at radius 2 is 2.07 bits per heavy atom. The number of fused-ring (bicyclic) bond motifs is 1. The summed E-state index contributed by atoms with van der Waals surface area (Å²) < 4.78 is 7.05. The highest BCUT2D eigenvalue weighted by molar-refractivity contribution is 5.96. The van der Waals surface area contributed by atoms with Gasteiger partial charge in [0.2, 0.25) is 0 Å². The summed E-state index contributed by atoms with van der Waals surface area (Å²) in [7, 11) is 0. The molecule has 1 N–H and O–H groups in total. The zero-order valence-corrected chi connectivity index (χ0v) is 16.9. The van der Waals surface area contributed by atoms with Crippen LogP contribution in [0.3, 0.4) is 0 Å². The van der Waals surface area contributed by atoms with Crippen LogP contribution in [0.1, 0.15) is 38.3 Å². The molecule has 1 aliphatic heterocycles. The quantitative estimate of drug-likeness (QED) is 0.877. The Bertz CT molecular complexity index is 909. The lowest BCUT2D eigenvalue weighted by molar-refractivity contribution is 0.0544. The lowest BCUT2D eigenvalue weighted by Crippen LogP contribution is -2.43. The highest BCUT2D eigenvalue weighted by Gasteiger charge is 2.20. The Labute approximate surface area is 166 Å². The maximum atomic E-state index is 12.6. The largest absolute Gasteiger partial charge is 0.443 e. The average Bonchev–Trinajstić information content (AvgIpc) is 3.03. The number of rotatable bonds is 4. The van der Waals surface area contributed by atoms with E-state index >= 15 is 0 Å². The molecular formula is C22H28N4O2. The molecule has 148 valence electrons. The Hall–Kier alpha value is -2.62. The number of piperazine rings is 1. The molecule has 2 heterocycles. The molecule has 6 heteroatoms. The van der Waals surface area contributed by atoms with E-state index in [0.29, 0.717) is 5.56 Å². The van der Waals surface area contributed by atoms with E-state index in [9.17, 15) is 10.1 Å². The Balaban J connectivity index is 1.82. The Morgan fingerprint density at radius 1 is 1.32 bits per heavy atom. The molecule has 0 atom stereocenters. The second-order valence-electron chi connectivity index (χ2n) is 8.06. The predicted octanol–water partition coefficient (Wildman–Crippen LogP) is 3.60. The maximum Gasteiger partial charge on any atom is 0.419 e. The lowest BCUT2D eigenvalue weighted by Gasteiger charge is -2.26. The van der Waals surface area contributed by atoms with Crippen molar-refractivity contribution in [2.24, 2.45) is 0 Å². The zero-order valence-electron chi connectivity index (χ0n) is 16.9. The van der Waals surface area contributed by atoms with E-state index < -0.39 is 11.7 Å². The molecule has 0 unspecified atom stereocenters. The van der Waals surface area contributed by atoms with Crippen molar-refractivity contribution in [2.75, 3.05) is 32.7 Å². The number of aromatic nitrogens is 1. The zero-order chi connectivity index (χ0) is 20.1. The van der Waals surface area contributed by atoms with Crippen molar-refractivity contribution in [3.8, 4) is 6.07 Å². The average molecular weight is 380 g/mol. The summed E-state index contributed by atoms with van der Waals surface area (Å²) in [6, 6.07) is 7.52. The third-order valence-electron chi connectivity index (χ3n) is 4.67. The summed E-state index contributed by atoms with van der Waals surface area (Å²) in [6.07, 6.45) is 6.49. The van der Waals surface area contributed by atoms with Gasteiger partial charge in [0.05, 0.1) is 17.1 Å². The van der Waals surface area contributed by atoms with Crippen LogP contribution in [0.15, 0.2) is 30.5 Å². The van der Waals surface area contributed by atoms with Crippen LogP contribution in [0.5, 0.6) is 0 Å². The number of carbonyl (C=O) groups is 1. The second kappa shape index (κ2) is 8.59. The third-order valence-corrected chi connectivity index (χ3v) is 4.67. The molecule has 0 radical (unpaired) electrons. The molecular weight excluding hydrogens is 352 g/mol. The van der Waals surface area contributed by atoms with Crippen LogP contribution in [0, 0.1) is 11.3 Å². The maximum absolute atomic E-state index is 12.6. The topological polar surface area (TPSA) is 70.3 Å². The normalized spacial score (nSPS) is 15.8. The molecule has 2 aromatic rings. The van der Waals surface area contributed by atoms with Gasteiger partial charge in [-0.25, -0.2) is 4.79 Å². The van der Waals surface area contributed by atoms with E-state index in [-0.39, 0.29) is 0 Å². The first-order chi connectivity index (χ1) is 13.4. The first kappa shape index (κ1) is 20.1. The molecule has 0 saturated carbocycles. The summed E-state index contributed by atoms with van der Waals surface area (Å²) in [5.41, 5.74) is 1.66. The predicted molar refractivity (Wildman–Crippen MR) is 111 cm³/mol. The number of benzene rings is 1. The van der Waals surface area contributed by atoms with Crippen LogP contribution in [-0.4, -0.2) is 53.9 Å². The van der Waals surface area contributed by atoms with Gasteiger partial charge in [0, 0.05) is 49.9 Å². The molecule has 1 aliphatic rings. The smallest absolute Gasteiger partial charge is 0.419 e. The van der Waals surface area contributed by atoms with Gasteiger partial charge in [-0.15, -0.1) is 0 Å².